The van der Waals surface area contributed by atoms with Gasteiger partial charge in [-0.1, -0.05) is 0 Å². The summed E-state index contributed by atoms with van der Waals surface area (Å²) in [4.78, 5) is 2.17. The molecule has 0 aliphatic heterocycles. The van der Waals surface area contributed by atoms with Crippen molar-refractivity contribution in [3.8, 4) is 5.75 Å². The lowest BCUT2D eigenvalue weighted by atomic mass is 10.1. The molecule has 1 atom stereocenters. The first kappa shape index (κ1) is 18.5. The van der Waals surface area contributed by atoms with Gasteiger partial charge in [0, 0.05) is 6.54 Å². The molecule has 1 aromatic heterocycles. The number of methoxy groups -OCH3 is 1. The monoisotopic (exact) mass is 352 g/mol. The first-order chi connectivity index (χ1) is 11.3. The number of furan rings is 1. The highest BCUT2D eigenvalue weighted by atomic mass is 32.2. The molecule has 1 unspecified atom stereocenters. The van der Waals surface area contributed by atoms with E-state index in [0.717, 1.165) is 5.56 Å². The molecule has 0 saturated heterocycles. The lowest BCUT2D eigenvalue weighted by Crippen LogP contribution is -2.34. The fourth-order valence-corrected chi connectivity index (χ4v) is 3.91. The molecule has 1 aromatic carbocycles. The van der Waals surface area contributed by atoms with Crippen molar-refractivity contribution in [1.82, 2.24) is 9.62 Å². The van der Waals surface area contributed by atoms with E-state index in [0.29, 0.717) is 17.1 Å². The minimum absolute atomic E-state index is 0.186. The summed E-state index contributed by atoms with van der Waals surface area (Å²) >= 11 is 0. The SMILES string of the molecule is COc1cc(C)c(S(=O)(=O)NCC(c2ccco2)N(C)C)cc1C. The topological polar surface area (TPSA) is 71.8 Å². The summed E-state index contributed by atoms with van der Waals surface area (Å²) < 4.78 is 38.7. The van der Waals surface area contributed by atoms with Gasteiger partial charge in [0.25, 0.3) is 0 Å². The molecular weight excluding hydrogens is 328 g/mol. The molecular formula is C17H24N2O4S. The maximum Gasteiger partial charge on any atom is 0.240 e. The zero-order valence-corrected chi connectivity index (χ0v) is 15.5. The molecule has 2 rings (SSSR count). The Morgan fingerprint density at radius 2 is 1.96 bits per heavy atom. The summed E-state index contributed by atoms with van der Waals surface area (Å²) in [6.07, 6.45) is 1.58. The van der Waals surface area contributed by atoms with Gasteiger partial charge in [-0.15, -0.1) is 0 Å². The molecule has 0 radical (unpaired) electrons. The van der Waals surface area contributed by atoms with E-state index >= 15 is 0 Å². The molecule has 6 nitrogen and oxygen atoms in total. The molecule has 0 saturated carbocycles. The third-order valence-electron chi connectivity index (χ3n) is 3.94. The summed E-state index contributed by atoms with van der Waals surface area (Å²) in [5.41, 5.74) is 1.42. The Morgan fingerprint density at radius 3 is 2.50 bits per heavy atom. The second-order valence-electron chi connectivity index (χ2n) is 5.93. The van der Waals surface area contributed by atoms with E-state index in [1.54, 1.807) is 38.5 Å². The third kappa shape index (κ3) is 3.98. The van der Waals surface area contributed by atoms with Crippen molar-refractivity contribution >= 4 is 10.0 Å². The Labute approximate surface area is 143 Å². The summed E-state index contributed by atoms with van der Waals surface area (Å²) in [6.45, 7) is 3.79. The van der Waals surface area contributed by atoms with Crippen LogP contribution >= 0.6 is 0 Å². The van der Waals surface area contributed by atoms with Gasteiger partial charge in [-0.05, 0) is 63.3 Å². The van der Waals surface area contributed by atoms with Crippen molar-refractivity contribution in [1.29, 1.82) is 0 Å². The Hall–Kier alpha value is -1.83. The van der Waals surface area contributed by atoms with Gasteiger partial charge in [-0.2, -0.15) is 0 Å². The van der Waals surface area contributed by atoms with Gasteiger partial charge in [-0.25, -0.2) is 13.1 Å². The van der Waals surface area contributed by atoms with Gasteiger partial charge in [0.2, 0.25) is 10.0 Å². The number of hydrogen-bond acceptors (Lipinski definition) is 5. The lowest BCUT2D eigenvalue weighted by Gasteiger charge is -2.23. The van der Waals surface area contributed by atoms with Crippen molar-refractivity contribution in [2.75, 3.05) is 27.7 Å². The number of nitrogens with one attached hydrogen (secondary N) is 1. The van der Waals surface area contributed by atoms with Crippen LogP contribution in [0.15, 0.2) is 39.8 Å². The molecule has 1 heterocycles. The van der Waals surface area contributed by atoms with Gasteiger partial charge < -0.3 is 9.15 Å². The van der Waals surface area contributed by atoms with Gasteiger partial charge in [0.15, 0.2) is 0 Å². The Morgan fingerprint density at radius 1 is 1.25 bits per heavy atom. The van der Waals surface area contributed by atoms with Crippen LogP contribution in [0.2, 0.25) is 0 Å². The highest BCUT2D eigenvalue weighted by molar-refractivity contribution is 7.89. The molecule has 1 N–H and O–H groups in total. The second-order valence-corrected chi connectivity index (χ2v) is 7.67. The molecule has 0 aliphatic carbocycles. The highest BCUT2D eigenvalue weighted by Gasteiger charge is 2.23. The normalized spacial score (nSPS) is 13.2. The van der Waals surface area contributed by atoms with Gasteiger partial charge in [0.05, 0.1) is 24.3 Å². The quantitative estimate of drug-likeness (QED) is 0.829. The minimum atomic E-state index is -3.63. The third-order valence-corrected chi connectivity index (χ3v) is 5.51. The Balaban J connectivity index is 2.24. The molecule has 0 amide bonds. The number of nitrogens with zero attached hydrogens (tertiary/aromatic N) is 1. The van der Waals surface area contributed by atoms with Crippen molar-refractivity contribution in [3.63, 3.8) is 0 Å². The van der Waals surface area contributed by atoms with E-state index in [-0.39, 0.29) is 17.5 Å². The van der Waals surface area contributed by atoms with E-state index in [1.807, 2.05) is 32.0 Å². The predicted octanol–water partition coefficient (Wildman–Crippen LogP) is 2.49. The van der Waals surface area contributed by atoms with Crippen LogP contribution in [0.3, 0.4) is 0 Å². The van der Waals surface area contributed by atoms with Crippen molar-refractivity contribution in [2.45, 2.75) is 24.8 Å². The number of likely N-dealkylation sites (N-methyl/N-ethyl adjacent to an activating group) is 1. The van der Waals surface area contributed by atoms with Crippen molar-refractivity contribution < 1.29 is 17.6 Å². The molecule has 0 spiro atoms. The number of sulfonamides is 1. The first-order valence-corrected chi connectivity index (χ1v) is 9.09. The summed E-state index contributed by atoms with van der Waals surface area (Å²) in [5, 5.41) is 0. The van der Waals surface area contributed by atoms with Crippen LogP contribution in [0, 0.1) is 13.8 Å². The van der Waals surface area contributed by atoms with Gasteiger partial charge in [0.1, 0.15) is 11.5 Å². The van der Waals surface area contributed by atoms with Crippen LogP contribution in [-0.4, -0.2) is 41.1 Å². The van der Waals surface area contributed by atoms with E-state index in [2.05, 4.69) is 4.72 Å². The number of benzene rings is 1. The summed E-state index contributed by atoms with van der Waals surface area (Å²) in [7, 11) is 1.70. The van der Waals surface area contributed by atoms with Crippen LogP contribution in [0.25, 0.3) is 0 Å². The fourth-order valence-electron chi connectivity index (χ4n) is 2.56. The molecule has 0 bridgehead atoms. The van der Waals surface area contributed by atoms with Gasteiger partial charge in [-0.3, -0.25) is 4.90 Å². The lowest BCUT2D eigenvalue weighted by molar-refractivity contribution is 0.259. The zero-order chi connectivity index (χ0) is 17.9. The van der Waals surface area contributed by atoms with E-state index in [9.17, 15) is 8.42 Å². The predicted molar refractivity (Wildman–Crippen MR) is 92.8 cm³/mol. The minimum Gasteiger partial charge on any atom is -0.496 e. The Kier molecular flexibility index (Phi) is 5.69. The van der Waals surface area contributed by atoms with Crippen LogP contribution in [0.1, 0.15) is 22.9 Å². The standard InChI is InChI=1S/C17H24N2O4S/c1-12-10-17(13(2)9-16(12)22-5)24(20,21)18-11-14(19(3)4)15-7-6-8-23-15/h6-10,14,18H,11H2,1-5H3. The summed E-state index contributed by atoms with van der Waals surface area (Å²) in [5.74, 6) is 1.39. The van der Waals surface area contributed by atoms with E-state index < -0.39 is 10.0 Å². The zero-order valence-electron chi connectivity index (χ0n) is 14.7. The fraction of sp³-hybridized carbons (Fsp3) is 0.412. The number of aryl methyl sites for hydroxylation is 2. The smallest absolute Gasteiger partial charge is 0.240 e. The molecule has 0 fully saturated rings. The maximum atomic E-state index is 12.7. The average Bonchev–Trinajstić information content (AvgIpc) is 3.02. The van der Waals surface area contributed by atoms with Crippen molar-refractivity contribution in [2.24, 2.45) is 0 Å². The average molecular weight is 352 g/mol. The van der Waals surface area contributed by atoms with Crippen LogP contribution in [0.5, 0.6) is 5.75 Å². The van der Waals surface area contributed by atoms with Gasteiger partial charge >= 0.3 is 0 Å². The van der Waals surface area contributed by atoms with Crippen LogP contribution in [0.4, 0.5) is 0 Å². The Bertz CT molecular complexity index is 783. The maximum absolute atomic E-state index is 12.7. The van der Waals surface area contributed by atoms with Crippen LogP contribution in [-0.2, 0) is 10.0 Å². The second kappa shape index (κ2) is 7.38. The summed E-state index contributed by atoms with van der Waals surface area (Å²) in [6, 6.07) is 6.81. The molecule has 132 valence electrons. The first-order valence-electron chi connectivity index (χ1n) is 7.61. The van der Waals surface area contributed by atoms with Crippen molar-refractivity contribution in [3.05, 3.63) is 47.4 Å². The van der Waals surface area contributed by atoms with Crippen LogP contribution < -0.4 is 9.46 Å². The number of hydrogen-bond donors (Lipinski definition) is 1. The molecule has 7 heteroatoms. The number of ether oxygens (including phenoxy) is 1. The number of rotatable bonds is 7. The van der Waals surface area contributed by atoms with E-state index in [4.69, 9.17) is 9.15 Å². The molecule has 24 heavy (non-hydrogen) atoms. The van der Waals surface area contributed by atoms with E-state index in [1.165, 1.54) is 0 Å². The largest absolute Gasteiger partial charge is 0.496 e. The molecule has 0 aliphatic rings. The molecule has 2 aromatic rings. The highest BCUT2D eigenvalue weighted by Crippen LogP contribution is 2.26.